The van der Waals surface area contributed by atoms with Crippen molar-refractivity contribution < 1.29 is 23.9 Å². The fraction of sp³-hybridized carbons (Fsp3) is 1.00. The maximum absolute atomic E-state index is 9.88. The molecule has 0 spiro atoms. The second kappa shape index (κ2) is 13.9. The lowest BCUT2D eigenvalue weighted by molar-refractivity contribution is 0.278. The molecule has 0 radical (unpaired) electrons. The second-order valence-corrected chi connectivity index (χ2v) is 10.6. The van der Waals surface area contributed by atoms with Crippen molar-refractivity contribution in [2.75, 3.05) is 12.3 Å². The molecule has 140 valence electrons. The summed E-state index contributed by atoms with van der Waals surface area (Å²) in [6, 6.07) is 0. The minimum Gasteiger partial charge on any atom is -0.189 e. The molecular weight excluding hydrogens is 334 g/mol. The van der Waals surface area contributed by atoms with Crippen LogP contribution in [0, 0.1) is 0 Å². The molecule has 0 unspecified atom stereocenters. The zero-order valence-electron chi connectivity index (χ0n) is 15.0. The lowest BCUT2D eigenvalue weighted by atomic mass is 10.1. The SMILES string of the molecule is CCCCCCCC[P+](O)(O)O[P+](O)(O)CCCCCCCC. The Morgan fingerprint density at radius 2 is 0.826 bits per heavy atom. The summed E-state index contributed by atoms with van der Waals surface area (Å²) in [6.07, 6.45) is 12.6. The summed E-state index contributed by atoms with van der Waals surface area (Å²) in [5.41, 5.74) is 0. The molecule has 7 heteroatoms. The Bertz CT molecular complexity index is 249. The first kappa shape index (κ1) is 23.7. The van der Waals surface area contributed by atoms with Crippen LogP contribution < -0.4 is 0 Å². The van der Waals surface area contributed by atoms with Gasteiger partial charge in [-0.25, -0.2) is 0 Å². The second-order valence-electron chi connectivity index (χ2n) is 6.39. The highest BCUT2D eigenvalue weighted by Gasteiger charge is 2.53. The van der Waals surface area contributed by atoms with Gasteiger partial charge in [-0.1, -0.05) is 65.2 Å². The van der Waals surface area contributed by atoms with E-state index in [1.807, 2.05) is 0 Å². The zero-order chi connectivity index (χ0) is 17.6. The highest BCUT2D eigenvalue weighted by molar-refractivity contribution is 7.72. The molecule has 0 aliphatic carbocycles. The zero-order valence-corrected chi connectivity index (χ0v) is 16.8. The molecule has 5 nitrogen and oxygen atoms in total. The molecule has 4 N–H and O–H groups in total. The first-order valence-corrected chi connectivity index (χ1v) is 12.8. The van der Waals surface area contributed by atoms with Crippen molar-refractivity contribution >= 4 is 15.9 Å². The lowest BCUT2D eigenvalue weighted by Gasteiger charge is -2.13. The average Bonchev–Trinajstić information content (AvgIpc) is 2.45. The van der Waals surface area contributed by atoms with Gasteiger partial charge in [-0.3, -0.25) is 0 Å². The molecule has 0 atom stereocenters. The normalized spacial score (nSPS) is 12.8. The van der Waals surface area contributed by atoms with Gasteiger partial charge in [0.25, 0.3) is 0 Å². The van der Waals surface area contributed by atoms with Gasteiger partial charge in [0.05, 0.1) is 0 Å². The first-order chi connectivity index (χ1) is 10.8. The van der Waals surface area contributed by atoms with E-state index in [9.17, 15) is 19.6 Å². The molecule has 0 aromatic rings. The molecule has 0 heterocycles. The van der Waals surface area contributed by atoms with Crippen molar-refractivity contribution in [3.63, 3.8) is 0 Å². The standard InChI is InChI=1S/C16H38O5P2/c1-3-5-7-9-11-13-15-22(17,18)21-23(19,20)16-14-12-10-8-6-4-2/h17-20H,3-16H2,1-2H3/q+2. The molecular formula is C16H38O5P2+2. The molecule has 23 heavy (non-hydrogen) atoms. The Morgan fingerprint density at radius 3 is 1.17 bits per heavy atom. The molecule has 0 aromatic carbocycles. The summed E-state index contributed by atoms with van der Waals surface area (Å²) in [4.78, 5) is 39.5. The smallest absolute Gasteiger partial charge is 0.189 e. The Morgan fingerprint density at radius 1 is 0.522 bits per heavy atom. The van der Waals surface area contributed by atoms with E-state index in [1.165, 1.54) is 25.7 Å². The third kappa shape index (κ3) is 15.9. The van der Waals surface area contributed by atoms with Crippen molar-refractivity contribution in [1.82, 2.24) is 0 Å². The van der Waals surface area contributed by atoms with Crippen LogP contribution in [0.3, 0.4) is 0 Å². The monoisotopic (exact) mass is 372 g/mol. The predicted molar refractivity (Wildman–Crippen MR) is 100 cm³/mol. The van der Waals surface area contributed by atoms with E-state index in [1.54, 1.807) is 0 Å². The molecule has 0 fully saturated rings. The van der Waals surface area contributed by atoms with Crippen LogP contribution in [0.2, 0.25) is 0 Å². The number of rotatable bonds is 16. The van der Waals surface area contributed by atoms with Crippen LogP contribution >= 0.6 is 15.9 Å². The van der Waals surface area contributed by atoms with Gasteiger partial charge in [0.2, 0.25) is 0 Å². The van der Waals surface area contributed by atoms with Gasteiger partial charge in [0.15, 0.2) is 0 Å². The van der Waals surface area contributed by atoms with E-state index < -0.39 is 15.9 Å². The number of hydrogen-bond donors (Lipinski definition) is 4. The topological polar surface area (TPSA) is 90.2 Å². The van der Waals surface area contributed by atoms with Crippen LogP contribution in [-0.4, -0.2) is 31.9 Å². The van der Waals surface area contributed by atoms with Gasteiger partial charge in [-0.05, 0) is 25.7 Å². The summed E-state index contributed by atoms with van der Waals surface area (Å²) >= 11 is 0. The van der Waals surface area contributed by atoms with Gasteiger partial charge in [0.1, 0.15) is 12.3 Å². The van der Waals surface area contributed by atoms with E-state index in [0.29, 0.717) is 12.8 Å². The molecule has 0 saturated heterocycles. The van der Waals surface area contributed by atoms with Crippen LogP contribution in [0.5, 0.6) is 0 Å². The number of unbranched alkanes of at least 4 members (excludes halogenated alkanes) is 10. The third-order valence-corrected chi connectivity index (χ3v) is 7.76. The van der Waals surface area contributed by atoms with E-state index in [-0.39, 0.29) is 12.3 Å². The average molecular weight is 372 g/mol. The van der Waals surface area contributed by atoms with Crippen LogP contribution in [-0.2, 0) is 4.31 Å². The fourth-order valence-corrected chi connectivity index (χ4v) is 6.09. The maximum Gasteiger partial charge on any atom is 0.461 e. The third-order valence-electron chi connectivity index (χ3n) is 3.87. The van der Waals surface area contributed by atoms with Crippen molar-refractivity contribution in [2.45, 2.75) is 90.9 Å². The highest BCUT2D eigenvalue weighted by atomic mass is 31.3. The Labute approximate surface area is 143 Å². The minimum atomic E-state index is -3.64. The largest absolute Gasteiger partial charge is 0.461 e. The summed E-state index contributed by atoms with van der Waals surface area (Å²) < 4.78 is 4.93. The molecule has 0 aromatic heterocycles. The van der Waals surface area contributed by atoms with Crippen LogP contribution in [0.15, 0.2) is 0 Å². The van der Waals surface area contributed by atoms with Gasteiger partial charge >= 0.3 is 15.9 Å². The van der Waals surface area contributed by atoms with Gasteiger partial charge in [-0.2, -0.15) is 19.6 Å². The number of hydrogen-bond acceptors (Lipinski definition) is 5. The molecule has 0 saturated carbocycles. The molecule has 0 bridgehead atoms. The predicted octanol–water partition coefficient (Wildman–Crippen LogP) is 5.22. The minimum absolute atomic E-state index is 0.124. The summed E-state index contributed by atoms with van der Waals surface area (Å²) in [7, 11) is -7.27. The van der Waals surface area contributed by atoms with Crippen LogP contribution in [0.25, 0.3) is 0 Å². The quantitative estimate of drug-likeness (QED) is 0.220. The fourth-order valence-electron chi connectivity index (χ4n) is 2.49. The summed E-state index contributed by atoms with van der Waals surface area (Å²) in [5.74, 6) is 0. The first-order valence-electron chi connectivity index (χ1n) is 9.21. The summed E-state index contributed by atoms with van der Waals surface area (Å²) in [5, 5.41) is 0. The Balaban J connectivity index is 3.82. The van der Waals surface area contributed by atoms with E-state index in [0.717, 1.165) is 38.5 Å². The van der Waals surface area contributed by atoms with Crippen LogP contribution in [0.1, 0.15) is 90.9 Å². The van der Waals surface area contributed by atoms with Crippen LogP contribution in [0.4, 0.5) is 0 Å². The molecule has 0 aliphatic rings. The summed E-state index contributed by atoms with van der Waals surface area (Å²) in [6.45, 7) is 4.31. The van der Waals surface area contributed by atoms with Crippen molar-refractivity contribution in [3.8, 4) is 0 Å². The van der Waals surface area contributed by atoms with Gasteiger partial charge < -0.3 is 0 Å². The van der Waals surface area contributed by atoms with Crippen molar-refractivity contribution in [3.05, 3.63) is 0 Å². The Hall–Kier alpha value is 0.660. The van der Waals surface area contributed by atoms with Gasteiger partial charge in [0, 0.05) is 4.31 Å². The van der Waals surface area contributed by atoms with E-state index in [4.69, 9.17) is 4.31 Å². The van der Waals surface area contributed by atoms with Crippen molar-refractivity contribution in [2.24, 2.45) is 0 Å². The highest BCUT2D eigenvalue weighted by Crippen LogP contribution is 2.69. The van der Waals surface area contributed by atoms with E-state index >= 15 is 0 Å². The lowest BCUT2D eigenvalue weighted by Crippen LogP contribution is -2.07. The van der Waals surface area contributed by atoms with E-state index in [2.05, 4.69) is 13.8 Å². The van der Waals surface area contributed by atoms with Gasteiger partial charge in [-0.15, -0.1) is 0 Å². The molecule has 0 rings (SSSR count). The van der Waals surface area contributed by atoms with Crippen molar-refractivity contribution in [1.29, 1.82) is 0 Å². The molecule has 0 amide bonds. The Kier molecular flexibility index (Phi) is 14.3. The maximum atomic E-state index is 9.88. The molecule has 0 aliphatic heterocycles.